The number of hydrogen-bond donors (Lipinski definition) is 0. The molecule has 13 rings (SSSR count). The van der Waals surface area contributed by atoms with Crippen LogP contribution in [0.15, 0.2) is 48.5 Å². The number of likely N-dealkylation sites (N-methyl/N-ethyl adjacent to an activating group) is 2. The summed E-state index contributed by atoms with van der Waals surface area (Å²) in [4.78, 5) is 6.08. The van der Waals surface area contributed by atoms with Crippen molar-refractivity contribution in [1.29, 1.82) is 0 Å². The van der Waals surface area contributed by atoms with E-state index in [9.17, 15) is 0 Å². The highest BCUT2D eigenvalue weighted by Crippen LogP contribution is 2.72. The molecule has 2 aromatic carbocycles. The lowest BCUT2D eigenvalue weighted by Gasteiger charge is -2.65. The Balaban J connectivity index is 1.14. The molecule has 46 heavy (non-hydrogen) atoms. The van der Waals surface area contributed by atoms with Crippen LogP contribution < -0.4 is 9.80 Å². The third-order valence-corrected chi connectivity index (χ3v) is 17.8. The average Bonchev–Trinajstić information content (AvgIpc) is 3.66. The molecular weight excluding hydrogens is 568 g/mol. The Morgan fingerprint density at radius 2 is 1.11 bits per heavy atom. The summed E-state index contributed by atoms with van der Waals surface area (Å²) in [6, 6.07) is 22.0. The highest BCUT2D eigenvalue weighted by Gasteiger charge is 2.80. The second-order valence-electron chi connectivity index (χ2n) is 18.7. The number of benzene rings is 2. The van der Waals surface area contributed by atoms with Gasteiger partial charge in [-0.25, -0.2) is 0 Å². The zero-order valence-electron chi connectivity index (χ0n) is 27.6. The number of ether oxygens (including phenoxy) is 2. The van der Waals surface area contributed by atoms with Gasteiger partial charge >= 0.3 is 0 Å². The lowest BCUT2D eigenvalue weighted by molar-refractivity contribution is -0.935. The smallest absolute Gasteiger partial charge is 0.135 e. The van der Waals surface area contributed by atoms with Gasteiger partial charge in [0, 0.05) is 73.9 Å². The Morgan fingerprint density at radius 1 is 0.652 bits per heavy atom. The molecule has 2 saturated carbocycles. The van der Waals surface area contributed by atoms with Crippen molar-refractivity contribution in [3.05, 3.63) is 59.7 Å². The van der Waals surface area contributed by atoms with E-state index in [1.165, 1.54) is 73.7 Å². The molecule has 11 aliphatic rings. The van der Waals surface area contributed by atoms with Crippen molar-refractivity contribution in [3.8, 4) is 0 Å². The van der Waals surface area contributed by atoms with Gasteiger partial charge in [-0.05, 0) is 47.9 Å². The van der Waals surface area contributed by atoms with Crippen molar-refractivity contribution in [2.24, 2.45) is 35.5 Å². The molecule has 7 saturated heterocycles. The molecule has 2 spiro atoms. The number of piperidine rings is 2. The second-order valence-corrected chi connectivity index (χ2v) is 18.7. The monoisotopic (exact) mass is 618 g/mol. The minimum absolute atomic E-state index is 0.151. The Hall–Kier alpha value is -2.12. The number of fused-ring (bicyclic) bond motifs is 6. The molecule has 0 radical (unpaired) electrons. The van der Waals surface area contributed by atoms with Crippen LogP contribution in [-0.4, -0.2) is 99.1 Å². The largest absolute Gasteiger partial charge is 0.358 e. The van der Waals surface area contributed by atoms with Gasteiger partial charge in [-0.1, -0.05) is 36.4 Å². The minimum Gasteiger partial charge on any atom is -0.358 e. The summed E-state index contributed by atoms with van der Waals surface area (Å²) in [7, 11) is 5.30. The van der Waals surface area contributed by atoms with E-state index in [-0.39, 0.29) is 23.3 Å². The van der Waals surface area contributed by atoms with Crippen LogP contribution >= 0.6 is 0 Å². The number of nitrogens with zero attached hydrogens (tertiary/aromatic N) is 4. The quantitative estimate of drug-likeness (QED) is 0.400. The molecule has 0 aromatic heterocycles. The summed E-state index contributed by atoms with van der Waals surface area (Å²) < 4.78 is 17.6. The third kappa shape index (κ3) is 2.48. The SMILES string of the molecule is C[N+]12CC[C@@]34c5ccccc5N5[C@@H]6OCC[C@@H]7C[N+]8(C)CC[C@]9%10c%11ccccc%11N([C@@H]%11OCC[C@H](C1)C(C[C@@H]32)C%11[C@H]54)[C@H]9[C@H]6[C@H]7C[C@@H]%108. The summed E-state index contributed by atoms with van der Waals surface area (Å²) in [5, 5.41) is 0. The van der Waals surface area contributed by atoms with Crippen molar-refractivity contribution >= 4 is 11.4 Å². The topological polar surface area (TPSA) is 24.9 Å². The molecule has 2 aromatic rings. The van der Waals surface area contributed by atoms with Crippen molar-refractivity contribution in [1.82, 2.24) is 0 Å². The van der Waals surface area contributed by atoms with Crippen LogP contribution in [0.5, 0.6) is 0 Å². The summed E-state index contributed by atoms with van der Waals surface area (Å²) in [6.07, 6.45) is 8.18. The summed E-state index contributed by atoms with van der Waals surface area (Å²) in [6.45, 7) is 7.22. The Bertz CT molecular complexity index is 1590. The average molecular weight is 619 g/mol. The van der Waals surface area contributed by atoms with Crippen LogP contribution in [0.4, 0.5) is 11.4 Å². The van der Waals surface area contributed by atoms with Gasteiger partial charge in [-0.15, -0.1) is 0 Å². The molecule has 6 heteroatoms. The summed E-state index contributed by atoms with van der Waals surface area (Å²) in [5.41, 5.74) is 6.81. The molecule has 4 unspecified atom stereocenters. The molecule has 9 aliphatic heterocycles. The van der Waals surface area contributed by atoms with Crippen molar-refractivity contribution in [2.75, 3.05) is 63.3 Å². The van der Waals surface area contributed by atoms with Crippen molar-refractivity contribution in [3.63, 3.8) is 0 Å². The Morgan fingerprint density at radius 3 is 1.59 bits per heavy atom. The highest BCUT2D eigenvalue weighted by atomic mass is 16.5. The van der Waals surface area contributed by atoms with Gasteiger partial charge in [-0.2, -0.15) is 0 Å². The minimum atomic E-state index is 0.151. The van der Waals surface area contributed by atoms with Gasteiger partial charge in [0.25, 0.3) is 0 Å². The van der Waals surface area contributed by atoms with Crippen molar-refractivity contribution in [2.45, 2.75) is 86.0 Å². The zero-order valence-corrected chi connectivity index (χ0v) is 27.6. The predicted octanol–water partition coefficient (Wildman–Crippen LogP) is 4.72. The molecule has 4 bridgehead atoms. The van der Waals surface area contributed by atoms with Gasteiger partial charge in [0.15, 0.2) is 0 Å². The first-order valence-electron chi connectivity index (χ1n) is 19.2. The Labute approximate surface area is 273 Å². The first-order valence-corrected chi connectivity index (χ1v) is 19.2. The number of hydrogen-bond acceptors (Lipinski definition) is 4. The molecule has 6 nitrogen and oxygen atoms in total. The van der Waals surface area contributed by atoms with Crippen LogP contribution in [-0.2, 0) is 20.3 Å². The van der Waals surface area contributed by atoms with Crippen LogP contribution in [0.1, 0.15) is 49.7 Å². The van der Waals surface area contributed by atoms with E-state index in [1.54, 1.807) is 22.5 Å². The van der Waals surface area contributed by atoms with Crippen LogP contribution in [0.25, 0.3) is 0 Å². The van der Waals surface area contributed by atoms with Gasteiger partial charge in [-0.3, -0.25) is 0 Å². The highest BCUT2D eigenvalue weighted by molar-refractivity contribution is 5.71. The molecule has 16 atom stereocenters. The van der Waals surface area contributed by atoms with E-state index in [1.807, 2.05) is 0 Å². The van der Waals surface area contributed by atoms with E-state index in [0.29, 0.717) is 36.0 Å². The fourth-order valence-electron chi connectivity index (χ4n) is 16.7. The number of para-hydroxylation sites is 2. The molecular formula is C40H50N4O2+2. The predicted molar refractivity (Wildman–Crippen MR) is 176 cm³/mol. The van der Waals surface area contributed by atoms with Gasteiger partial charge < -0.3 is 28.2 Å². The fourth-order valence-corrected chi connectivity index (χ4v) is 16.7. The number of rotatable bonds is 0. The fraction of sp³-hybridized carbons (Fsp3) is 0.700. The molecule has 240 valence electrons. The van der Waals surface area contributed by atoms with Gasteiger partial charge in [0.1, 0.15) is 24.5 Å². The maximum Gasteiger partial charge on any atom is 0.135 e. The Kier molecular flexibility index (Phi) is 4.41. The van der Waals surface area contributed by atoms with E-state index >= 15 is 0 Å². The van der Waals surface area contributed by atoms with Gasteiger partial charge in [0.05, 0.1) is 63.2 Å². The van der Waals surface area contributed by atoms with Crippen LogP contribution in [0.3, 0.4) is 0 Å². The van der Waals surface area contributed by atoms with Gasteiger partial charge in [0.2, 0.25) is 0 Å². The molecule has 9 heterocycles. The van der Waals surface area contributed by atoms with E-state index in [2.05, 4.69) is 72.4 Å². The lowest BCUT2D eigenvalue weighted by atomic mass is 9.51. The third-order valence-electron chi connectivity index (χ3n) is 17.8. The normalized spacial score (nSPS) is 56.8. The maximum atomic E-state index is 7.53. The van der Waals surface area contributed by atoms with E-state index in [4.69, 9.17) is 9.47 Å². The van der Waals surface area contributed by atoms with E-state index in [0.717, 1.165) is 36.9 Å². The first kappa shape index (κ1) is 25.8. The summed E-state index contributed by atoms with van der Waals surface area (Å²) in [5.74, 6) is 3.97. The zero-order chi connectivity index (χ0) is 29.9. The molecule has 2 aliphatic carbocycles. The molecule has 9 fully saturated rings. The lowest BCUT2D eigenvalue weighted by Crippen LogP contribution is -2.78. The first-order chi connectivity index (χ1) is 22.5. The summed E-state index contributed by atoms with van der Waals surface area (Å²) >= 11 is 0. The van der Waals surface area contributed by atoms with Crippen molar-refractivity contribution < 1.29 is 18.4 Å². The molecule has 0 N–H and O–H groups in total. The van der Waals surface area contributed by atoms with E-state index < -0.39 is 0 Å². The van der Waals surface area contributed by atoms with Crippen LogP contribution in [0.2, 0.25) is 0 Å². The second kappa shape index (κ2) is 7.85. The molecule has 0 amide bonds. The number of anilines is 2. The number of quaternary nitrogens is 2. The van der Waals surface area contributed by atoms with Crippen LogP contribution in [0, 0.1) is 35.5 Å². The standard InChI is InChI=1S/C40H50N4O2/c1-43-15-13-39-27-7-3-5-9-29(27)41-35(39)33-25(19-31(39)43)23(21-43)11-17-45-37(33)42-30-10-6-4-8-28(30)40-14-16-44(2)22-24-12-18-46-38(41)34(36(40)42)26(24)20-32(40)44/h3-10,23-26,31-38H,11-22H2,1-2H3/q+2/t23-,24-,25+,26?,31+,32+,33-,34?,35+,36+,37-,38-,39-,40-,43?,44?/m1/s1. The maximum absolute atomic E-state index is 7.53.